The van der Waals surface area contributed by atoms with Crippen molar-refractivity contribution in [2.45, 2.75) is 83.8 Å². The minimum Gasteiger partial charge on any atom is -0.377 e. The fourth-order valence-electron chi connectivity index (χ4n) is 3.03. The quantitative estimate of drug-likeness (QED) is 0.707. The standard InChI is InChI=1S/C21H30O2/c1-3-19(11-9-15-21-13-5-7-17-23-21)18(2)10-8-14-20-12-4-6-16-22-20/h20-21H,3-7,12-17H2,1-2H3/b19-18-. The molecule has 0 aliphatic carbocycles. The van der Waals surface area contributed by atoms with Gasteiger partial charge in [0.2, 0.25) is 0 Å². The fourth-order valence-corrected chi connectivity index (χ4v) is 3.03. The first kappa shape index (κ1) is 18.1. The van der Waals surface area contributed by atoms with Crippen LogP contribution in [0.15, 0.2) is 11.1 Å². The lowest BCUT2D eigenvalue weighted by Gasteiger charge is -2.20. The van der Waals surface area contributed by atoms with Crippen LogP contribution >= 0.6 is 0 Å². The van der Waals surface area contributed by atoms with E-state index in [1.807, 2.05) is 0 Å². The smallest absolute Gasteiger partial charge is 0.0684 e. The molecule has 2 fully saturated rings. The van der Waals surface area contributed by atoms with E-state index in [2.05, 4.69) is 37.5 Å². The third-order valence-corrected chi connectivity index (χ3v) is 4.53. The number of hydrogen-bond acceptors (Lipinski definition) is 2. The van der Waals surface area contributed by atoms with Gasteiger partial charge < -0.3 is 9.47 Å². The van der Waals surface area contributed by atoms with Crippen molar-refractivity contribution in [2.24, 2.45) is 0 Å². The molecule has 2 aliphatic heterocycles. The van der Waals surface area contributed by atoms with E-state index in [4.69, 9.17) is 9.47 Å². The Hall–Kier alpha value is -1.22. The molecule has 0 aromatic carbocycles. The highest BCUT2D eigenvalue weighted by atomic mass is 16.5. The Morgan fingerprint density at radius 3 is 1.91 bits per heavy atom. The second kappa shape index (κ2) is 10.5. The summed E-state index contributed by atoms with van der Waals surface area (Å²) in [5, 5.41) is 0. The highest BCUT2D eigenvalue weighted by Crippen LogP contribution is 2.16. The Morgan fingerprint density at radius 2 is 1.43 bits per heavy atom. The van der Waals surface area contributed by atoms with Gasteiger partial charge in [0.1, 0.15) is 0 Å². The van der Waals surface area contributed by atoms with Gasteiger partial charge >= 0.3 is 0 Å². The van der Waals surface area contributed by atoms with Gasteiger partial charge in [-0.2, -0.15) is 0 Å². The van der Waals surface area contributed by atoms with Crippen molar-refractivity contribution in [1.29, 1.82) is 0 Å². The molecular weight excluding hydrogens is 284 g/mol. The Bertz CT molecular complexity index is 497. The summed E-state index contributed by atoms with van der Waals surface area (Å²) in [4.78, 5) is 0. The molecule has 23 heavy (non-hydrogen) atoms. The van der Waals surface area contributed by atoms with Gasteiger partial charge in [0.25, 0.3) is 0 Å². The molecule has 0 bridgehead atoms. The number of rotatable bonds is 3. The van der Waals surface area contributed by atoms with Crippen LogP contribution < -0.4 is 0 Å². The molecule has 0 radical (unpaired) electrons. The predicted molar refractivity (Wildman–Crippen MR) is 95.0 cm³/mol. The number of hydrogen-bond donors (Lipinski definition) is 0. The Kier molecular flexibility index (Phi) is 8.30. The van der Waals surface area contributed by atoms with Crippen LogP contribution in [0.2, 0.25) is 0 Å². The van der Waals surface area contributed by atoms with Gasteiger partial charge in [-0.1, -0.05) is 30.6 Å². The van der Waals surface area contributed by atoms with Crippen LogP contribution in [0.3, 0.4) is 0 Å². The third kappa shape index (κ3) is 6.82. The van der Waals surface area contributed by atoms with Gasteiger partial charge in [0.05, 0.1) is 12.2 Å². The maximum absolute atomic E-state index is 5.73. The van der Waals surface area contributed by atoms with E-state index < -0.39 is 0 Å². The fraction of sp³-hybridized carbons (Fsp3) is 0.714. The highest BCUT2D eigenvalue weighted by Gasteiger charge is 2.12. The molecule has 0 N–H and O–H groups in total. The molecule has 2 unspecified atom stereocenters. The van der Waals surface area contributed by atoms with Gasteiger partial charge in [0, 0.05) is 37.2 Å². The van der Waals surface area contributed by atoms with Gasteiger partial charge in [-0.25, -0.2) is 0 Å². The molecule has 2 rings (SSSR count). The van der Waals surface area contributed by atoms with E-state index in [0.29, 0.717) is 12.2 Å². The third-order valence-electron chi connectivity index (χ3n) is 4.53. The van der Waals surface area contributed by atoms with E-state index in [0.717, 1.165) is 56.5 Å². The molecular formula is C21H30O2. The largest absolute Gasteiger partial charge is 0.377 e. The molecule has 2 heteroatoms. The Morgan fingerprint density at radius 1 is 0.870 bits per heavy atom. The van der Waals surface area contributed by atoms with Crippen LogP contribution in [-0.4, -0.2) is 25.4 Å². The van der Waals surface area contributed by atoms with Gasteiger partial charge in [-0.05, 0) is 51.9 Å². The highest BCUT2D eigenvalue weighted by molar-refractivity contribution is 5.41. The minimum absolute atomic E-state index is 0.337. The van der Waals surface area contributed by atoms with Crippen LogP contribution in [0.1, 0.15) is 71.6 Å². The zero-order chi connectivity index (χ0) is 16.3. The average Bonchev–Trinajstić information content (AvgIpc) is 2.60. The van der Waals surface area contributed by atoms with E-state index in [-0.39, 0.29) is 0 Å². The van der Waals surface area contributed by atoms with Crippen LogP contribution in [0.4, 0.5) is 0 Å². The van der Waals surface area contributed by atoms with E-state index in [1.54, 1.807) is 0 Å². The zero-order valence-electron chi connectivity index (χ0n) is 14.7. The topological polar surface area (TPSA) is 18.5 Å². The maximum atomic E-state index is 5.73. The average molecular weight is 314 g/mol. The first-order chi connectivity index (χ1) is 11.3. The molecule has 0 saturated carbocycles. The Balaban J connectivity index is 1.85. The van der Waals surface area contributed by atoms with Crippen molar-refractivity contribution in [2.75, 3.05) is 13.2 Å². The lowest BCUT2D eigenvalue weighted by atomic mass is 10.0. The normalized spacial score (nSPS) is 25.5. The second-order valence-corrected chi connectivity index (χ2v) is 6.45. The first-order valence-corrected chi connectivity index (χ1v) is 9.20. The van der Waals surface area contributed by atoms with Gasteiger partial charge in [-0.15, -0.1) is 0 Å². The van der Waals surface area contributed by atoms with Crippen molar-refractivity contribution in [3.8, 4) is 23.7 Å². The second-order valence-electron chi connectivity index (χ2n) is 6.45. The number of ether oxygens (including phenoxy) is 2. The van der Waals surface area contributed by atoms with E-state index in [1.165, 1.54) is 25.7 Å². The Labute approximate surface area is 142 Å². The van der Waals surface area contributed by atoms with E-state index in [9.17, 15) is 0 Å². The van der Waals surface area contributed by atoms with E-state index >= 15 is 0 Å². The van der Waals surface area contributed by atoms with Crippen LogP contribution in [0, 0.1) is 23.7 Å². The molecule has 0 spiro atoms. The molecule has 2 atom stereocenters. The lowest BCUT2D eigenvalue weighted by Crippen LogP contribution is -2.18. The summed E-state index contributed by atoms with van der Waals surface area (Å²) >= 11 is 0. The zero-order valence-corrected chi connectivity index (χ0v) is 14.7. The van der Waals surface area contributed by atoms with Crippen LogP contribution in [0.25, 0.3) is 0 Å². The summed E-state index contributed by atoms with van der Waals surface area (Å²) in [6.45, 7) is 6.03. The molecule has 0 aromatic rings. The molecule has 0 aromatic heterocycles. The summed E-state index contributed by atoms with van der Waals surface area (Å²) in [5.74, 6) is 13.2. The van der Waals surface area contributed by atoms with Crippen molar-refractivity contribution in [3.63, 3.8) is 0 Å². The van der Waals surface area contributed by atoms with Crippen molar-refractivity contribution in [1.82, 2.24) is 0 Å². The molecule has 2 saturated heterocycles. The molecule has 2 aliphatic rings. The first-order valence-electron chi connectivity index (χ1n) is 9.20. The maximum Gasteiger partial charge on any atom is 0.0684 e. The van der Waals surface area contributed by atoms with Gasteiger partial charge in [0.15, 0.2) is 0 Å². The van der Waals surface area contributed by atoms with Crippen LogP contribution in [0.5, 0.6) is 0 Å². The molecule has 2 nitrogen and oxygen atoms in total. The molecule has 0 amide bonds. The summed E-state index contributed by atoms with van der Waals surface area (Å²) in [5.41, 5.74) is 2.28. The van der Waals surface area contributed by atoms with Gasteiger partial charge in [-0.3, -0.25) is 0 Å². The summed E-state index contributed by atoms with van der Waals surface area (Å²) < 4.78 is 11.4. The summed E-state index contributed by atoms with van der Waals surface area (Å²) in [6.07, 6.45) is 10.6. The predicted octanol–water partition coefficient (Wildman–Crippen LogP) is 4.64. The monoisotopic (exact) mass is 314 g/mol. The van der Waals surface area contributed by atoms with Crippen molar-refractivity contribution < 1.29 is 9.47 Å². The van der Waals surface area contributed by atoms with Crippen LogP contribution in [-0.2, 0) is 9.47 Å². The summed E-state index contributed by atoms with van der Waals surface area (Å²) in [7, 11) is 0. The summed E-state index contributed by atoms with van der Waals surface area (Å²) in [6, 6.07) is 0. The SMILES string of the molecule is CC/C(C#CCC1CCCCO1)=C(\C)C#CCC1CCCCO1. The lowest BCUT2D eigenvalue weighted by molar-refractivity contribution is 0.0196. The van der Waals surface area contributed by atoms with Crippen molar-refractivity contribution >= 4 is 0 Å². The minimum atomic E-state index is 0.337. The number of allylic oxidation sites excluding steroid dienone is 2. The molecule has 126 valence electrons. The molecule has 2 heterocycles. The van der Waals surface area contributed by atoms with Crippen molar-refractivity contribution in [3.05, 3.63) is 11.1 Å².